The van der Waals surface area contributed by atoms with E-state index >= 15 is 0 Å². The quantitative estimate of drug-likeness (QED) is 0.0238. The monoisotopic (exact) mass is 837 g/mol. The average Bonchev–Trinajstić information content (AvgIpc) is 3.21. The molecule has 0 aliphatic carbocycles. The van der Waals surface area contributed by atoms with Crippen molar-refractivity contribution in [3.8, 4) is 0 Å². The zero-order chi connectivity index (χ0) is 42.5. The van der Waals surface area contributed by atoms with Gasteiger partial charge in [-0.3, -0.25) is 13.8 Å². The summed E-state index contributed by atoms with van der Waals surface area (Å²) >= 11 is 0. The molecule has 0 rings (SSSR count). The molecule has 0 aliphatic heterocycles. The zero-order valence-corrected chi connectivity index (χ0v) is 37.6. The lowest BCUT2D eigenvalue weighted by Crippen LogP contribution is -2.29. The third-order valence-electron chi connectivity index (χ3n) is 9.41. The topological polar surface area (TPSA) is 132 Å². The summed E-state index contributed by atoms with van der Waals surface area (Å²) in [5.74, 6) is -0.402. The highest BCUT2D eigenvalue weighted by Crippen LogP contribution is 2.43. The minimum atomic E-state index is -4.54. The minimum absolute atomic E-state index is 0.00774. The van der Waals surface area contributed by atoms with Crippen molar-refractivity contribution >= 4 is 13.8 Å². The fraction of sp³-hybridized carbons (Fsp3) is 0.729. The van der Waals surface area contributed by atoms with Crippen LogP contribution in [-0.4, -0.2) is 66.3 Å². The maximum absolute atomic E-state index is 12.6. The van der Waals surface area contributed by atoms with E-state index in [4.69, 9.17) is 23.6 Å². The summed E-state index contributed by atoms with van der Waals surface area (Å²) in [6.45, 7) is 3.25. The van der Waals surface area contributed by atoms with Gasteiger partial charge in [-0.1, -0.05) is 189 Å². The van der Waals surface area contributed by atoms with Crippen molar-refractivity contribution in [1.29, 1.82) is 0 Å². The number of hydrogen-bond acceptors (Lipinski definition) is 8. The number of esters is 1. The Morgan fingerprint density at radius 3 is 1.41 bits per heavy atom. The molecule has 0 saturated heterocycles. The van der Waals surface area contributed by atoms with Crippen molar-refractivity contribution in [2.24, 2.45) is 0 Å². The van der Waals surface area contributed by atoms with E-state index in [1.807, 2.05) is 0 Å². The van der Waals surface area contributed by atoms with Gasteiger partial charge in [0, 0.05) is 13.0 Å². The van der Waals surface area contributed by atoms with Gasteiger partial charge < -0.3 is 24.6 Å². The van der Waals surface area contributed by atoms with Crippen molar-refractivity contribution < 1.29 is 43.0 Å². The van der Waals surface area contributed by atoms with E-state index in [-0.39, 0.29) is 13.0 Å². The van der Waals surface area contributed by atoms with Crippen LogP contribution in [0.5, 0.6) is 0 Å². The summed E-state index contributed by atoms with van der Waals surface area (Å²) in [5.41, 5.74) is 0. The van der Waals surface area contributed by atoms with Crippen LogP contribution in [-0.2, 0) is 27.9 Å². The number of allylic oxidation sites excluding steroid dienone is 12. The molecule has 0 fully saturated rings. The van der Waals surface area contributed by atoms with Crippen molar-refractivity contribution in [2.45, 2.75) is 193 Å². The van der Waals surface area contributed by atoms with Gasteiger partial charge >= 0.3 is 13.8 Å². The molecule has 0 aromatic heterocycles. The third-order valence-corrected chi connectivity index (χ3v) is 10.4. The summed E-state index contributed by atoms with van der Waals surface area (Å²) in [5, 5.41) is 18.4. The molecule has 0 heterocycles. The number of phosphoric acid groups is 1. The first-order valence-corrected chi connectivity index (χ1v) is 24.4. The number of aliphatic hydroxyl groups excluding tert-OH is 2. The summed E-state index contributed by atoms with van der Waals surface area (Å²) in [6, 6.07) is 0. The Morgan fingerprint density at radius 2 is 0.966 bits per heavy atom. The van der Waals surface area contributed by atoms with Gasteiger partial charge in [0.15, 0.2) is 0 Å². The fourth-order valence-corrected chi connectivity index (χ4v) is 6.75. The molecular weight excluding hydrogens is 751 g/mol. The van der Waals surface area contributed by atoms with E-state index in [9.17, 15) is 19.4 Å². The van der Waals surface area contributed by atoms with Crippen LogP contribution in [0.3, 0.4) is 0 Å². The second-order valence-corrected chi connectivity index (χ2v) is 16.5. The third kappa shape index (κ3) is 43.5. The predicted molar refractivity (Wildman–Crippen MR) is 242 cm³/mol. The maximum Gasteiger partial charge on any atom is 0.472 e. The van der Waals surface area contributed by atoms with Crippen molar-refractivity contribution in [3.05, 3.63) is 72.9 Å². The van der Waals surface area contributed by atoms with E-state index in [0.717, 1.165) is 70.6 Å². The molecule has 0 amide bonds. The molecule has 3 atom stereocenters. The van der Waals surface area contributed by atoms with E-state index in [1.165, 1.54) is 89.9 Å². The van der Waals surface area contributed by atoms with E-state index in [1.54, 1.807) is 0 Å². The number of carbonyl (C=O) groups excluding carboxylic acids is 1. The SMILES string of the molecule is CC/C=C\C/C=C\C/C=C\C/C=C\C/C=C\C/C=C\CCCOCC(COP(=O)(O)OCC(O)CO)OC(=O)CCCCCCCCCCCCCCCCCCC. The molecule has 0 saturated carbocycles. The Morgan fingerprint density at radius 1 is 0.552 bits per heavy atom. The molecule has 0 radical (unpaired) electrons. The van der Waals surface area contributed by atoms with Crippen molar-refractivity contribution in [2.75, 3.05) is 33.0 Å². The Kier molecular flexibility index (Phi) is 42.8. The standard InChI is InChI=1S/C48H85O9P/c1-3-5-7-9-11-13-15-17-19-21-22-23-25-27-29-31-33-35-37-39-41-54-44-47(45-56-58(52,53)55-43-46(50)42-49)57-48(51)40-38-36-34-32-30-28-26-24-20-18-16-14-12-10-8-6-4-2/h5,7,11,13,17,19,22-23,27,29,33,35,46-47,49-50H,3-4,6,8-10,12,14-16,18,20-21,24-26,28,30-32,34,36-45H2,1-2H3,(H,52,53)/b7-5-,13-11-,19-17-,23-22-,29-27-,35-33-. The maximum atomic E-state index is 12.6. The van der Waals surface area contributed by atoms with Crippen molar-refractivity contribution in [3.63, 3.8) is 0 Å². The molecule has 0 aromatic rings. The van der Waals surface area contributed by atoms with Crippen LogP contribution in [0, 0.1) is 0 Å². The van der Waals surface area contributed by atoms with Gasteiger partial charge in [0.2, 0.25) is 0 Å². The Balaban J connectivity index is 4.25. The smallest absolute Gasteiger partial charge is 0.457 e. The van der Waals surface area contributed by atoms with E-state index < -0.39 is 45.8 Å². The second-order valence-electron chi connectivity index (χ2n) is 15.0. The van der Waals surface area contributed by atoms with Crippen LogP contribution in [0.15, 0.2) is 72.9 Å². The predicted octanol–water partition coefficient (Wildman–Crippen LogP) is 12.9. The van der Waals surface area contributed by atoms with Gasteiger partial charge in [-0.05, 0) is 57.8 Å². The average molecular weight is 837 g/mol. The number of phosphoric ester groups is 1. The van der Waals surface area contributed by atoms with Crippen LogP contribution >= 0.6 is 7.82 Å². The van der Waals surface area contributed by atoms with Gasteiger partial charge in [-0.2, -0.15) is 0 Å². The number of aliphatic hydroxyl groups is 2. The molecule has 3 N–H and O–H groups in total. The van der Waals surface area contributed by atoms with Crippen LogP contribution in [0.1, 0.15) is 181 Å². The minimum Gasteiger partial charge on any atom is -0.457 e. The Bertz CT molecular complexity index is 1130. The largest absolute Gasteiger partial charge is 0.472 e. The fourth-order valence-electron chi connectivity index (χ4n) is 5.96. The second kappa shape index (κ2) is 44.5. The normalized spacial score (nSPS) is 14.6. The first kappa shape index (κ1) is 55.9. The summed E-state index contributed by atoms with van der Waals surface area (Å²) in [4.78, 5) is 22.6. The number of unbranched alkanes of at least 4 members (excludes halogenated alkanes) is 17. The molecule has 9 nitrogen and oxygen atoms in total. The van der Waals surface area contributed by atoms with Crippen LogP contribution in [0.25, 0.3) is 0 Å². The Hall–Kier alpha value is -2.10. The number of ether oxygens (including phenoxy) is 2. The van der Waals surface area contributed by atoms with Gasteiger partial charge in [-0.15, -0.1) is 0 Å². The Labute approximate surface area is 354 Å². The lowest BCUT2D eigenvalue weighted by molar-refractivity contribution is -0.154. The zero-order valence-electron chi connectivity index (χ0n) is 36.7. The number of carbonyl (C=O) groups is 1. The molecule has 336 valence electrons. The first-order valence-electron chi connectivity index (χ1n) is 22.9. The molecule has 0 aliphatic rings. The van der Waals surface area contributed by atoms with Gasteiger partial charge in [0.05, 0.1) is 26.4 Å². The molecule has 0 bridgehead atoms. The molecule has 3 unspecified atom stereocenters. The highest BCUT2D eigenvalue weighted by atomic mass is 31.2. The first-order chi connectivity index (χ1) is 28.3. The summed E-state index contributed by atoms with van der Waals surface area (Å²) in [7, 11) is -4.54. The van der Waals surface area contributed by atoms with Gasteiger partial charge in [0.25, 0.3) is 0 Å². The van der Waals surface area contributed by atoms with Crippen LogP contribution in [0.2, 0.25) is 0 Å². The highest BCUT2D eigenvalue weighted by molar-refractivity contribution is 7.47. The molecule has 0 spiro atoms. The molecule has 10 heteroatoms. The lowest BCUT2D eigenvalue weighted by atomic mass is 10.0. The summed E-state index contributed by atoms with van der Waals surface area (Å²) in [6.07, 6.45) is 53.0. The van der Waals surface area contributed by atoms with E-state index in [2.05, 4.69) is 86.8 Å². The molecule has 0 aromatic carbocycles. The molecular formula is C48H85O9P. The molecule has 58 heavy (non-hydrogen) atoms. The van der Waals surface area contributed by atoms with Gasteiger partial charge in [-0.25, -0.2) is 4.57 Å². The van der Waals surface area contributed by atoms with E-state index in [0.29, 0.717) is 6.61 Å². The lowest BCUT2D eigenvalue weighted by Gasteiger charge is -2.20. The highest BCUT2D eigenvalue weighted by Gasteiger charge is 2.26. The number of rotatable bonds is 43. The van der Waals surface area contributed by atoms with Crippen LogP contribution in [0.4, 0.5) is 0 Å². The number of hydrogen-bond donors (Lipinski definition) is 3. The summed E-state index contributed by atoms with van der Waals surface area (Å²) < 4.78 is 33.3. The van der Waals surface area contributed by atoms with Crippen LogP contribution < -0.4 is 0 Å². The van der Waals surface area contributed by atoms with Crippen molar-refractivity contribution in [1.82, 2.24) is 0 Å². The van der Waals surface area contributed by atoms with Gasteiger partial charge in [0.1, 0.15) is 12.2 Å².